The molecule has 138 valence electrons. The zero-order chi connectivity index (χ0) is 19.0. The van der Waals surface area contributed by atoms with Gasteiger partial charge in [-0.25, -0.2) is 13.8 Å². The molecule has 1 aliphatic carbocycles. The molecule has 0 spiro atoms. The second-order valence-corrected chi connectivity index (χ2v) is 6.48. The SMILES string of the molecule is Cc1oc2c(c1-c1cnc(NC(=O)c3c(F)cccc3F)cn1)CCCC2. The molecule has 0 saturated carbocycles. The van der Waals surface area contributed by atoms with Crippen LogP contribution in [-0.2, 0) is 12.8 Å². The van der Waals surface area contributed by atoms with E-state index < -0.39 is 23.1 Å². The van der Waals surface area contributed by atoms with E-state index in [2.05, 4.69) is 15.3 Å². The van der Waals surface area contributed by atoms with E-state index in [1.807, 2.05) is 6.92 Å². The van der Waals surface area contributed by atoms with E-state index in [0.29, 0.717) is 5.69 Å². The van der Waals surface area contributed by atoms with Crippen molar-refractivity contribution in [2.75, 3.05) is 5.32 Å². The number of halogens is 2. The highest BCUT2D eigenvalue weighted by atomic mass is 19.1. The Morgan fingerprint density at radius 2 is 1.85 bits per heavy atom. The molecule has 0 bridgehead atoms. The number of nitrogens with one attached hydrogen (secondary N) is 1. The van der Waals surface area contributed by atoms with Crippen LogP contribution in [0.25, 0.3) is 11.3 Å². The highest BCUT2D eigenvalue weighted by Crippen LogP contribution is 2.35. The lowest BCUT2D eigenvalue weighted by Gasteiger charge is -2.11. The minimum absolute atomic E-state index is 0.112. The number of carbonyl (C=O) groups excluding carboxylic acids is 1. The summed E-state index contributed by atoms with van der Waals surface area (Å²) < 4.78 is 33.3. The minimum Gasteiger partial charge on any atom is -0.465 e. The van der Waals surface area contributed by atoms with Crippen molar-refractivity contribution in [3.8, 4) is 11.3 Å². The number of nitrogens with zero attached hydrogens (tertiary/aromatic N) is 2. The number of benzene rings is 1. The van der Waals surface area contributed by atoms with Gasteiger partial charge in [0, 0.05) is 17.5 Å². The van der Waals surface area contributed by atoms with E-state index in [1.165, 1.54) is 24.0 Å². The van der Waals surface area contributed by atoms with Crippen molar-refractivity contribution in [1.29, 1.82) is 0 Å². The Bertz CT molecular complexity index is 993. The maximum Gasteiger partial charge on any atom is 0.262 e. The lowest BCUT2D eigenvalue weighted by molar-refractivity contribution is 0.101. The van der Waals surface area contributed by atoms with Crippen LogP contribution in [0.15, 0.2) is 35.0 Å². The molecule has 2 aromatic heterocycles. The topological polar surface area (TPSA) is 68.0 Å². The Balaban J connectivity index is 1.59. The van der Waals surface area contributed by atoms with E-state index in [-0.39, 0.29) is 5.82 Å². The third-order valence-corrected chi connectivity index (χ3v) is 4.69. The molecule has 1 aliphatic rings. The fraction of sp³-hybridized carbons (Fsp3) is 0.250. The number of carbonyl (C=O) groups is 1. The lowest BCUT2D eigenvalue weighted by Crippen LogP contribution is -2.16. The average molecular weight is 369 g/mol. The first-order valence-electron chi connectivity index (χ1n) is 8.73. The Kier molecular flexibility index (Phi) is 4.43. The number of fused-ring (bicyclic) bond motifs is 1. The normalized spacial score (nSPS) is 13.3. The van der Waals surface area contributed by atoms with E-state index >= 15 is 0 Å². The van der Waals surface area contributed by atoms with Crippen LogP contribution < -0.4 is 5.32 Å². The molecule has 3 aromatic rings. The molecule has 4 rings (SSSR count). The highest BCUT2D eigenvalue weighted by Gasteiger charge is 2.23. The summed E-state index contributed by atoms with van der Waals surface area (Å²) in [6.07, 6.45) is 6.98. The van der Waals surface area contributed by atoms with Crippen molar-refractivity contribution in [2.45, 2.75) is 32.6 Å². The zero-order valence-electron chi connectivity index (χ0n) is 14.7. The quantitative estimate of drug-likeness (QED) is 0.740. The Morgan fingerprint density at radius 1 is 1.11 bits per heavy atom. The number of furan rings is 1. The van der Waals surface area contributed by atoms with E-state index in [9.17, 15) is 13.6 Å². The Morgan fingerprint density at radius 3 is 2.56 bits per heavy atom. The van der Waals surface area contributed by atoms with Crippen molar-refractivity contribution in [3.63, 3.8) is 0 Å². The smallest absolute Gasteiger partial charge is 0.262 e. The van der Waals surface area contributed by atoms with Gasteiger partial charge in [-0.1, -0.05) is 6.07 Å². The monoisotopic (exact) mass is 369 g/mol. The summed E-state index contributed by atoms with van der Waals surface area (Å²) in [7, 11) is 0. The van der Waals surface area contributed by atoms with Crippen LogP contribution in [0, 0.1) is 18.6 Å². The third kappa shape index (κ3) is 3.20. The molecule has 1 amide bonds. The number of aromatic nitrogens is 2. The van der Waals surface area contributed by atoms with Crippen LogP contribution in [0.4, 0.5) is 14.6 Å². The molecule has 0 radical (unpaired) electrons. The second-order valence-electron chi connectivity index (χ2n) is 6.48. The molecular weight excluding hydrogens is 352 g/mol. The van der Waals surface area contributed by atoms with Crippen molar-refractivity contribution in [2.24, 2.45) is 0 Å². The first kappa shape index (κ1) is 17.3. The third-order valence-electron chi connectivity index (χ3n) is 4.69. The molecular formula is C20H17F2N3O2. The van der Waals surface area contributed by atoms with Gasteiger partial charge in [0.25, 0.3) is 5.91 Å². The Labute approximate surface area is 154 Å². The molecule has 7 heteroatoms. The van der Waals surface area contributed by atoms with Crippen molar-refractivity contribution < 1.29 is 18.0 Å². The summed E-state index contributed by atoms with van der Waals surface area (Å²) in [5.41, 5.74) is 2.10. The molecule has 27 heavy (non-hydrogen) atoms. The number of hydrogen-bond donors (Lipinski definition) is 1. The van der Waals surface area contributed by atoms with Gasteiger partial charge in [-0.3, -0.25) is 9.78 Å². The van der Waals surface area contributed by atoms with Crippen molar-refractivity contribution in [1.82, 2.24) is 9.97 Å². The average Bonchev–Trinajstić information content (AvgIpc) is 2.98. The van der Waals surface area contributed by atoms with Gasteiger partial charge in [0.15, 0.2) is 5.82 Å². The van der Waals surface area contributed by atoms with Gasteiger partial charge >= 0.3 is 0 Å². The highest BCUT2D eigenvalue weighted by molar-refractivity contribution is 6.04. The van der Waals surface area contributed by atoms with Gasteiger partial charge in [0.1, 0.15) is 28.7 Å². The van der Waals surface area contributed by atoms with Crippen LogP contribution in [0.1, 0.15) is 40.3 Å². The fourth-order valence-corrected chi connectivity index (χ4v) is 3.45. The lowest BCUT2D eigenvalue weighted by atomic mass is 9.93. The molecule has 2 heterocycles. The number of aryl methyl sites for hydroxylation is 2. The zero-order valence-corrected chi connectivity index (χ0v) is 14.7. The predicted molar refractivity (Wildman–Crippen MR) is 95.4 cm³/mol. The molecule has 0 saturated heterocycles. The summed E-state index contributed by atoms with van der Waals surface area (Å²) in [6, 6.07) is 3.25. The maximum absolute atomic E-state index is 13.7. The van der Waals surface area contributed by atoms with E-state index in [4.69, 9.17) is 4.42 Å². The van der Waals surface area contributed by atoms with Gasteiger partial charge in [0.05, 0.1) is 18.1 Å². The van der Waals surface area contributed by atoms with Gasteiger partial charge in [-0.15, -0.1) is 0 Å². The van der Waals surface area contributed by atoms with Gasteiger partial charge in [-0.05, 0) is 38.3 Å². The fourth-order valence-electron chi connectivity index (χ4n) is 3.45. The number of rotatable bonds is 3. The van der Waals surface area contributed by atoms with Gasteiger partial charge in [0.2, 0.25) is 0 Å². The van der Waals surface area contributed by atoms with E-state index in [0.717, 1.165) is 54.9 Å². The van der Waals surface area contributed by atoms with Crippen LogP contribution in [0.3, 0.4) is 0 Å². The minimum atomic E-state index is -0.933. The van der Waals surface area contributed by atoms with Crippen LogP contribution in [-0.4, -0.2) is 15.9 Å². The standard InChI is InChI=1S/C20H17F2N3O2/c1-11-18(12-5-2-3-8-16(12)27-11)15-9-24-17(10-23-15)25-20(26)19-13(21)6-4-7-14(19)22/h4,6-7,9-10H,2-3,5,8H2,1H3,(H,24,25,26). The first-order valence-corrected chi connectivity index (χ1v) is 8.73. The molecule has 5 nitrogen and oxygen atoms in total. The maximum atomic E-state index is 13.7. The number of anilines is 1. The molecule has 0 aliphatic heterocycles. The molecule has 0 atom stereocenters. The summed E-state index contributed by atoms with van der Waals surface area (Å²) >= 11 is 0. The number of hydrogen-bond acceptors (Lipinski definition) is 4. The molecule has 1 N–H and O–H groups in total. The predicted octanol–water partition coefficient (Wildman–Crippen LogP) is 4.45. The molecule has 1 aromatic carbocycles. The van der Waals surface area contributed by atoms with Crippen LogP contribution in [0.5, 0.6) is 0 Å². The van der Waals surface area contributed by atoms with E-state index in [1.54, 1.807) is 0 Å². The van der Waals surface area contributed by atoms with Gasteiger partial charge < -0.3 is 9.73 Å². The Hall–Kier alpha value is -3.09. The summed E-state index contributed by atoms with van der Waals surface area (Å²) in [4.78, 5) is 20.7. The largest absolute Gasteiger partial charge is 0.465 e. The summed E-state index contributed by atoms with van der Waals surface area (Å²) in [5, 5.41) is 2.37. The van der Waals surface area contributed by atoms with Crippen molar-refractivity contribution >= 4 is 11.7 Å². The second kappa shape index (κ2) is 6.90. The summed E-state index contributed by atoms with van der Waals surface area (Å²) in [6.45, 7) is 1.89. The number of amides is 1. The van der Waals surface area contributed by atoms with Gasteiger partial charge in [-0.2, -0.15) is 0 Å². The van der Waals surface area contributed by atoms with Crippen LogP contribution >= 0.6 is 0 Å². The molecule has 0 fully saturated rings. The van der Waals surface area contributed by atoms with Crippen LogP contribution in [0.2, 0.25) is 0 Å². The summed E-state index contributed by atoms with van der Waals surface area (Å²) in [5.74, 6) is -0.870. The van der Waals surface area contributed by atoms with Crippen molar-refractivity contribution in [3.05, 3.63) is 64.9 Å². The first-order chi connectivity index (χ1) is 13.0. The molecule has 0 unspecified atom stereocenters.